The van der Waals surface area contributed by atoms with Gasteiger partial charge in [0, 0.05) is 29.2 Å². The van der Waals surface area contributed by atoms with Crippen molar-refractivity contribution in [1.29, 1.82) is 0 Å². The highest BCUT2D eigenvalue weighted by molar-refractivity contribution is 8.03. The van der Waals surface area contributed by atoms with Gasteiger partial charge < -0.3 is 34.8 Å². The van der Waals surface area contributed by atoms with Crippen molar-refractivity contribution >= 4 is 35.8 Å². The molecule has 0 aromatic rings. The molecule has 0 aromatic heterocycles. The molecule has 0 saturated carbocycles. The molecule has 12 heteroatoms. The first kappa shape index (κ1) is 28.3. The summed E-state index contributed by atoms with van der Waals surface area (Å²) >= 11 is 1.35. The van der Waals surface area contributed by atoms with Crippen LogP contribution in [0.5, 0.6) is 0 Å². The van der Waals surface area contributed by atoms with Crippen LogP contribution >= 0.6 is 11.8 Å². The number of nitrogens with zero attached hydrogens (tertiary/aromatic N) is 2. The molecule has 0 spiro atoms. The summed E-state index contributed by atoms with van der Waals surface area (Å²) in [5, 5.41) is 22.3. The first-order valence-electron chi connectivity index (χ1n) is 12.0. The fourth-order valence-electron chi connectivity index (χ4n) is 4.93. The molecule has 3 aliphatic heterocycles. The van der Waals surface area contributed by atoms with E-state index in [2.05, 4.69) is 18.5 Å². The summed E-state index contributed by atoms with van der Waals surface area (Å²) in [7, 11) is 0. The van der Waals surface area contributed by atoms with Crippen LogP contribution in [-0.4, -0.2) is 93.8 Å². The Morgan fingerprint density at radius 2 is 1.92 bits per heavy atom. The van der Waals surface area contributed by atoms with Gasteiger partial charge in [0.2, 0.25) is 5.91 Å². The summed E-state index contributed by atoms with van der Waals surface area (Å²) in [6.45, 7) is 11.0. The predicted octanol–water partition coefficient (Wildman–Crippen LogP) is 2.11. The Bertz CT molecular complexity index is 1010. The number of carboxylic acids is 1. The highest BCUT2D eigenvalue weighted by Gasteiger charge is 2.60. The van der Waals surface area contributed by atoms with Gasteiger partial charge in [0.15, 0.2) is 0 Å². The van der Waals surface area contributed by atoms with Gasteiger partial charge in [-0.1, -0.05) is 44.4 Å². The lowest BCUT2D eigenvalue weighted by atomic mass is 9.79. The number of ether oxygens (including phenoxy) is 2. The lowest BCUT2D eigenvalue weighted by Crippen LogP contribution is -2.63. The number of carbonyl (C=O) groups excluding carboxylic acids is 3. The summed E-state index contributed by atoms with van der Waals surface area (Å²) < 4.78 is 10.1. The van der Waals surface area contributed by atoms with E-state index >= 15 is 0 Å². The zero-order valence-electron chi connectivity index (χ0n) is 20.9. The van der Waals surface area contributed by atoms with Gasteiger partial charge >= 0.3 is 18.2 Å². The molecule has 0 aliphatic carbocycles. The maximum absolute atomic E-state index is 12.7. The summed E-state index contributed by atoms with van der Waals surface area (Å²) in [4.78, 5) is 52.4. The van der Waals surface area contributed by atoms with Crippen molar-refractivity contribution in [3.8, 4) is 0 Å². The minimum Gasteiger partial charge on any atom is -0.477 e. The number of alkyl carbamates (subject to hydrolysis) is 1. The monoisotopic (exact) mass is 535 g/mol. The third kappa shape index (κ3) is 6.02. The Kier molecular flexibility index (Phi) is 9.44. The predicted molar refractivity (Wildman–Crippen MR) is 136 cm³/mol. The average molecular weight is 536 g/mol. The maximum Gasteiger partial charge on any atom is 0.410 e. The molecule has 3 amide bonds. The van der Waals surface area contributed by atoms with Crippen LogP contribution in [0.4, 0.5) is 9.59 Å². The highest BCUT2D eigenvalue weighted by Crippen LogP contribution is 2.52. The van der Waals surface area contributed by atoms with Gasteiger partial charge in [0.05, 0.1) is 24.1 Å². The smallest absolute Gasteiger partial charge is 0.410 e. The number of carbonyl (C=O) groups is 4. The number of likely N-dealkylation sites (tertiary alicyclic amines) is 1. The second-order valence-electron chi connectivity index (χ2n) is 9.03. The molecule has 2 saturated heterocycles. The zero-order valence-corrected chi connectivity index (χ0v) is 21.7. The Labute approximate surface area is 219 Å². The quantitative estimate of drug-likeness (QED) is 0.267. The lowest BCUT2D eigenvalue weighted by Gasteiger charge is -2.46. The largest absolute Gasteiger partial charge is 0.477 e. The van der Waals surface area contributed by atoms with Gasteiger partial charge in [0.1, 0.15) is 18.9 Å². The van der Waals surface area contributed by atoms with E-state index in [1.165, 1.54) is 35.7 Å². The number of fused-ring (bicyclic) bond motifs is 1. The molecule has 3 aliphatic rings. The SMILES string of the molecule is C=CCOC(=O)NC/C=C\[C@@H]1C[C@H](SC2=C(C(=O)O)N3C(=O)[C@H]([C@@H](C)O)[C@H]3[C@H]2C)CN1C(=O)OCC=C. The summed E-state index contributed by atoms with van der Waals surface area (Å²) in [6, 6.07) is -0.756. The third-order valence-corrected chi connectivity index (χ3v) is 8.02. The molecule has 37 heavy (non-hydrogen) atoms. The zero-order chi connectivity index (χ0) is 27.3. The molecule has 3 N–H and O–H groups in total. The first-order chi connectivity index (χ1) is 17.6. The molecule has 202 valence electrons. The van der Waals surface area contributed by atoms with E-state index in [9.17, 15) is 29.4 Å². The lowest BCUT2D eigenvalue weighted by molar-refractivity contribution is -0.163. The van der Waals surface area contributed by atoms with Crippen molar-refractivity contribution in [1.82, 2.24) is 15.1 Å². The van der Waals surface area contributed by atoms with Crippen LogP contribution in [-0.2, 0) is 19.1 Å². The molecule has 0 bridgehead atoms. The van der Waals surface area contributed by atoms with Gasteiger partial charge in [-0.3, -0.25) is 4.79 Å². The van der Waals surface area contributed by atoms with E-state index in [1.807, 2.05) is 6.92 Å². The summed E-state index contributed by atoms with van der Waals surface area (Å²) in [5.74, 6) is -2.49. The highest BCUT2D eigenvalue weighted by atomic mass is 32.2. The number of thioether (sulfide) groups is 1. The van der Waals surface area contributed by atoms with Crippen LogP contribution in [0, 0.1) is 11.8 Å². The van der Waals surface area contributed by atoms with Crippen molar-refractivity contribution in [2.75, 3.05) is 26.3 Å². The van der Waals surface area contributed by atoms with E-state index in [1.54, 1.807) is 17.1 Å². The summed E-state index contributed by atoms with van der Waals surface area (Å²) in [6.07, 6.45) is 4.92. The molecule has 0 unspecified atom stereocenters. The van der Waals surface area contributed by atoms with Gasteiger partial charge in [0.25, 0.3) is 0 Å². The molecule has 0 aromatic carbocycles. The number of nitrogens with one attached hydrogen (secondary N) is 1. The van der Waals surface area contributed by atoms with Crippen molar-refractivity contribution in [3.63, 3.8) is 0 Å². The Balaban J connectivity index is 1.73. The molecular formula is C25H33N3O8S. The van der Waals surface area contributed by atoms with E-state index < -0.39 is 36.2 Å². The first-order valence-corrected chi connectivity index (χ1v) is 12.9. The number of aliphatic hydroxyl groups excluding tert-OH is 1. The van der Waals surface area contributed by atoms with Gasteiger partial charge in [-0.05, 0) is 13.3 Å². The van der Waals surface area contributed by atoms with E-state index in [0.29, 0.717) is 17.9 Å². The van der Waals surface area contributed by atoms with E-state index in [0.717, 1.165) is 0 Å². The van der Waals surface area contributed by atoms with Crippen LogP contribution in [0.1, 0.15) is 20.3 Å². The van der Waals surface area contributed by atoms with Crippen LogP contribution in [0.15, 0.2) is 48.1 Å². The molecular weight excluding hydrogens is 502 g/mol. The van der Waals surface area contributed by atoms with Gasteiger partial charge in [-0.15, -0.1) is 11.8 Å². The second-order valence-corrected chi connectivity index (χ2v) is 10.4. The minimum absolute atomic E-state index is 0.0467. The average Bonchev–Trinajstić information content (AvgIpc) is 3.35. The molecule has 3 heterocycles. The van der Waals surface area contributed by atoms with Gasteiger partial charge in [-0.2, -0.15) is 0 Å². The number of amides is 3. The van der Waals surface area contributed by atoms with E-state index in [-0.39, 0.29) is 48.6 Å². The summed E-state index contributed by atoms with van der Waals surface area (Å²) in [5.41, 5.74) is -0.0496. The number of hydrogen-bond donors (Lipinski definition) is 3. The Morgan fingerprint density at radius 1 is 1.24 bits per heavy atom. The minimum atomic E-state index is -1.19. The van der Waals surface area contributed by atoms with Crippen molar-refractivity contribution in [2.45, 2.75) is 43.7 Å². The fraction of sp³-hybridized carbons (Fsp3) is 0.520. The van der Waals surface area contributed by atoms with Crippen LogP contribution in [0.25, 0.3) is 0 Å². The Hall–Kier alpha value is -3.25. The molecule has 11 nitrogen and oxygen atoms in total. The van der Waals surface area contributed by atoms with Crippen LogP contribution < -0.4 is 5.32 Å². The second kappa shape index (κ2) is 12.3. The number of carboxylic acid groups (broad SMARTS) is 1. The Morgan fingerprint density at radius 3 is 2.54 bits per heavy atom. The number of rotatable bonds is 11. The standard InChI is InChI=1S/C25H33N3O8S/c1-5-10-35-24(33)26-9-7-8-16-12-17(13-27(16)25(34)36-11-6-2)37-21-14(3)19-18(15(4)29)22(30)28(19)20(21)23(31)32/h5-8,14-19,29H,1-2,9-13H2,3-4H3,(H,26,33)(H,31,32)/b8-7-/t14-,15-,16-,17+,18-,19-/m1/s1. The molecule has 6 atom stereocenters. The number of β-lactam (4-membered cyclic amide) rings is 1. The van der Waals surface area contributed by atoms with Crippen LogP contribution in [0.3, 0.4) is 0 Å². The van der Waals surface area contributed by atoms with Gasteiger partial charge in [-0.25, -0.2) is 14.4 Å². The van der Waals surface area contributed by atoms with Crippen molar-refractivity contribution < 1.29 is 38.9 Å². The molecule has 0 radical (unpaired) electrons. The number of hydrogen-bond acceptors (Lipinski definition) is 8. The number of aliphatic hydroxyl groups is 1. The third-order valence-electron chi connectivity index (χ3n) is 6.52. The topological polar surface area (TPSA) is 146 Å². The maximum atomic E-state index is 12.7. The number of aliphatic carboxylic acids is 1. The molecule has 3 rings (SSSR count). The molecule has 2 fully saturated rings. The fourth-order valence-corrected chi connectivity index (χ4v) is 6.47. The van der Waals surface area contributed by atoms with Crippen LogP contribution in [0.2, 0.25) is 0 Å². The van der Waals surface area contributed by atoms with E-state index in [4.69, 9.17) is 9.47 Å². The van der Waals surface area contributed by atoms with Crippen molar-refractivity contribution in [3.05, 3.63) is 48.1 Å². The normalized spacial score (nSPS) is 27.5. The van der Waals surface area contributed by atoms with Crippen molar-refractivity contribution in [2.24, 2.45) is 11.8 Å².